The van der Waals surface area contributed by atoms with Gasteiger partial charge in [-0.25, -0.2) is 0 Å². The first-order valence-corrected chi connectivity index (χ1v) is 6.96. The van der Waals surface area contributed by atoms with Gasteiger partial charge in [-0.15, -0.1) is 0 Å². The van der Waals surface area contributed by atoms with E-state index in [0.717, 1.165) is 12.3 Å². The molecule has 0 radical (unpaired) electrons. The molecule has 0 aromatic heterocycles. The summed E-state index contributed by atoms with van der Waals surface area (Å²) in [4.78, 5) is 12.1. The van der Waals surface area contributed by atoms with Gasteiger partial charge in [0.2, 0.25) is 0 Å². The molecule has 110 valence electrons. The summed E-state index contributed by atoms with van der Waals surface area (Å²) in [7, 11) is 1.55. The number of carbonyl (C=O) groups excluding carboxylic acids is 1. The number of methoxy groups -OCH3 is 1. The number of rotatable bonds is 7. The Labute approximate surface area is 119 Å². The number of amides is 1. The molecule has 3 N–H and O–H groups in total. The van der Waals surface area contributed by atoms with Crippen LogP contribution in [0, 0.1) is 5.92 Å². The molecule has 0 heterocycles. The fraction of sp³-hybridized carbons (Fsp3) is 0.533. The van der Waals surface area contributed by atoms with Crippen LogP contribution in [-0.4, -0.2) is 25.7 Å². The van der Waals surface area contributed by atoms with E-state index in [1.165, 1.54) is 12.8 Å². The van der Waals surface area contributed by atoms with Crippen molar-refractivity contribution in [1.82, 2.24) is 0 Å². The van der Waals surface area contributed by atoms with Crippen LogP contribution in [0.4, 0.5) is 11.4 Å². The third-order valence-corrected chi connectivity index (χ3v) is 3.44. The maximum absolute atomic E-state index is 12.1. The first kappa shape index (κ1) is 14.7. The molecular weight excluding hydrogens is 256 g/mol. The average Bonchev–Trinajstić information content (AvgIpc) is 3.23. The highest BCUT2D eigenvalue weighted by Gasteiger charge is 2.22. The third kappa shape index (κ3) is 4.13. The lowest BCUT2D eigenvalue weighted by Gasteiger charge is -2.15. The summed E-state index contributed by atoms with van der Waals surface area (Å²) in [6.07, 6.45) is 3.15. The van der Waals surface area contributed by atoms with Gasteiger partial charge in [-0.05, 0) is 37.5 Å². The number of nitrogens with two attached hydrogens (primary N) is 1. The van der Waals surface area contributed by atoms with Crippen LogP contribution in [0.15, 0.2) is 18.2 Å². The number of nitrogens with one attached hydrogen (secondary N) is 1. The van der Waals surface area contributed by atoms with Crippen molar-refractivity contribution in [1.29, 1.82) is 0 Å². The van der Waals surface area contributed by atoms with Gasteiger partial charge in [0.1, 0.15) is 11.9 Å². The summed E-state index contributed by atoms with van der Waals surface area (Å²) in [5, 5.41) is 2.79. The van der Waals surface area contributed by atoms with Gasteiger partial charge in [-0.3, -0.25) is 4.79 Å². The molecule has 2 rings (SSSR count). The highest BCUT2D eigenvalue weighted by atomic mass is 16.5. The monoisotopic (exact) mass is 278 g/mol. The Balaban J connectivity index is 1.87. The Morgan fingerprint density at radius 2 is 2.25 bits per heavy atom. The minimum absolute atomic E-state index is 0.190. The van der Waals surface area contributed by atoms with Gasteiger partial charge in [-0.1, -0.05) is 12.8 Å². The second kappa shape index (κ2) is 6.61. The zero-order valence-corrected chi connectivity index (χ0v) is 12.0. The minimum Gasteiger partial charge on any atom is -0.495 e. The van der Waals surface area contributed by atoms with Gasteiger partial charge >= 0.3 is 0 Å². The van der Waals surface area contributed by atoms with E-state index in [1.54, 1.807) is 32.2 Å². The second-order valence-corrected chi connectivity index (χ2v) is 5.19. The Bertz CT molecular complexity index is 472. The van der Waals surface area contributed by atoms with E-state index in [-0.39, 0.29) is 5.91 Å². The van der Waals surface area contributed by atoms with E-state index in [1.807, 2.05) is 0 Å². The van der Waals surface area contributed by atoms with Crippen molar-refractivity contribution in [2.75, 3.05) is 24.8 Å². The van der Waals surface area contributed by atoms with Crippen LogP contribution in [0.5, 0.6) is 5.75 Å². The zero-order chi connectivity index (χ0) is 14.5. The second-order valence-electron chi connectivity index (χ2n) is 5.19. The van der Waals surface area contributed by atoms with Crippen molar-refractivity contribution in [2.24, 2.45) is 5.92 Å². The topological polar surface area (TPSA) is 73.6 Å². The number of hydrogen-bond donors (Lipinski definition) is 2. The molecule has 20 heavy (non-hydrogen) atoms. The minimum atomic E-state index is -0.486. The van der Waals surface area contributed by atoms with E-state index in [2.05, 4.69) is 5.32 Å². The Morgan fingerprint density at radius 3 is 2.90 bits per heavy atom. The molecule has 1 unspecified atom stereocenters. The zero-order valence-electron chi connectivity index (χ0n) is 12.0. The average molecular weight is 278 g/mol. The lowest BCUT2D eigenvalue weighted by Crippen LogP contribution is -2.28. The van der Waals surface area contributed by atoms with Crippen molar-refractivity contribution < 1.29 is 14.3 Å². The molecule has 1 aromatic carbocycles. The molecular formula is C15H22N2O3. The Kier molecular flexibility index (Phi) is 4.84. The lowest BCUT2D eigenvalue weighted by molar-refractivity contribution is -0.126. The molecule has 0 spiro atoms. The predicted octanol–water partition coefficient (Wildman–Crippen LogP) is 2.42. The van der Waals surface area contributed by atoms with E-state index in [4.69, 9.17) is 15.2 Å². The number of ether oxygens (including phenoxy) is 2. The van der Waals surface area contributed by atoms with Crippen molar-refractivity contribution in [3.05, 3.63) is 18.2 Å². The van der Waals surface area contributed by atoms with Crippen LogP contribution in [0.25, 0.3) is 0 Å². The van der Waals surface area contributed by atoms with E-state index in [9.17, 15) is 4.79 Å². The fourth-order valence-corrected chi connectivity index (χ4v) is 1.95. The molecule has 5 heteroatoms. The summed E-state index contributed by atoms with van der Waals surface area (Å²) < 4.78 is 10.7. The molecule has 1 amide bonds. The molecule has 1 fully saturated rings. The van der Waals surface area contributed by atoms with Crippen LogP contribution in [-0.2, 0) is 9.53 Å². The fourth-order valence-electron chi connectivity index (χ4n) is 1.95. The largest absolute Gasteiger partial charge is 0.495 e. The maximum atomic E-state index is 12.1. The predicted molar refractivity (Wildman–Crippen MR) is 78.8 cm³/mol. The lowest BCUT2D eigenvalue weighted by atomic mass is 10.2. The first-order chi connectivity index (χ1) is 9.60. The molecule has 0 aliphatic heterocycles. The van der Waals surface area contributed by atoms with Crippen LogP contribution in [0.2, 0.25) is 0 Å². The van der Waals surface area contributed by atoms with E-state index >= 15 is 0 Å². The van der Waals surface area contributed by atoms with Crippen molar-refractivity contribution in [3.8, 4) is 5.75 Å². The van der Waals surface area contributed by atoms with Gasteiger partial charge in [0.15, 0.2) is 0 Å². The summed E-state index contributed by atoms with van der Waals surface area (Å²) in [5.74, 6) is 1.20. The van der Waals surface area contributed by atoms with Gasteiger partial charge in [0.05, 0.1) is 12.8 Å². The highest BCUT2D eigenvalue weighted by Crippen LogP contribution is 2.32. The number of anilines is 2. The van der Waals surface area contributed by atoms with E-state index < -0.39 is 6.10 Å². The summed E-state index contributed by atoms with van der Waals surface area (Å²) in [6, 6.07) is 5.13. The molecule has 0 bridgehead atoms. The number of nitrogen functional groups attached to an aromatic ring is 1. The molecule has 1 atom stereocenters. The van der Waals surface area contributed by atoms with E-state index in [0.29, 0.717) is 23.7 Å². The highest BCUT2D eigenvalue weighted by molar-refractivity contribution is 5.95. The van der Waals surface area contributed by atoms with Crippen LogP contribution < -0.4 is 15.8 Å². The van der Waals surface area contributed by atoms with Gasteiger partial charge in [0, 0.05) is 12.3 Å². The normalized spacial score (nSPS) is 15.7. The smallest absolute Gasteiger partial charge is 0.253 e. The Morgan fingerprint density at radius 1 is 1.50 bits per heavy atom. The summed E-state index contributed by atoms with van der Waals surface area (Å²) in [6.45, 7) is 2.38. The first-order valence-electron chi connectivity index (χ1n) is 6.96. The standard InChI is InChI=1S/C15H22N2O3/c1-10(20-8-7-11-3-4-11)15(18)17-13-9-12(16)5-6-14(13)19-2/h5-6,9-11H,3-4,7-8,16H2,1-2H3,(H,17,18). The number of benzene rings is 1. The van der Waals surface area contributed by atoms with Crippen LogP contribution in [0.3, 0.4) is 0 Å². The van der Waals surface area contributed by atoms with Crippen molar-refractivity contribution in [2.45, 2.75) is 32.3 Å². The molecule has 1 aromatic rings. The van der Waals surface area contributed by atoms with Gasteiger partial charge in [0.25, 0.3) is 5.91 Å². The number of carbonyl (C=O) groups is 1. The SMILES string of the molecule is COc1ccc(N)cc1NC(=O)C(C)OCCC1CC1. The molecule has 5 nitrogen and oxygen atoms in total. The maximum Gasteiger partial charge on any atom is 0.253 e. The van der Waals surface area contributed by atoms with Crippen molar-refractivity contribution in [3.63, 3.8) is 0 Å². The van der Waals surface area contributed by atoms with Gasteiger partial charge < -0.3 is 20.5 Å². The van der Waals surface area contributed by atoms with Crippen LogP contribution >= 0.6 is 0 Å². The third-order valence-electron chi connectivity index (χ3n) is 3.44. The number of hydrogen-bond acceptors (Lipinski definition) is 4. The van der Waals surface area contributed by atoms with Crippen molar-refractivity contribution >= 4 is 17.3 Å². The van der Waals surface area contributed by atoms with Crippen LogP contribution in [0.1, 0.15) is 26.2 Å². The molecule has 1 saturated carbocycles. The Hall–Kier alpha value is -1.75. The molecule has 0 saturated heterocycles. The molecule has 1 aliphatic carbocycles. The molecule has 1 aliphatic rings. The summed E-state index contributed by atoms with van der Waals surface area (Å²) in [5.41, 5.74) is 6.85. The van der Waals surface area contributed by atoms with Gasteiger partial charge in [-0.2, -0.15) is 0 Å². The summed E-state index contributed by atoms with van der Waals surface area (Å²) >= 11 is 0. The quantitative estimate of drug-likeness (QED) is 0.751.